The summed E-state index contributed by atoms with van der Waals surface area (Å²) >= 11 is 0. The highest BCUT2D eigenvalue weighted by atomic mass is 16.6. The Morgan fingerprint density at radius 1 is 1.14 bits per heavy atom. The van der Waals surface area contributed by atoms with Gasteiger partial charge in [0.2, 0.25) is 0 Å². The monoisotopic (exact) mass is 196 g/mol. The van der Waals surface area contributed by atoms with Crippen molar-refractivity contribution < 1.29 is 14.3 Å². The number of carbonyl (C=O) groups excluding carboxylic acids is 2. The SMILES string of the molecule is CC=C(C)C(=O)OC(=O)C(C)=CCC. The van der Waals surface area contributed by atoms with E-state index in [9.17, 15) is 9.59 Å². The van der Waals surface area contributed by atoms with Crippen LogP contribution in [0.2, 0.25) is 0 Å². The molecule has 0 heterocycles. The fraction of sp³-hybridized carbons (Fsp3) is 0.455. The average Bonchev–Trinajstić information content (AvgIpc) is 2.16. The van der Waals surface area contributed by atoms with E-state index in [1.165, 1.54) is 0 Å². The van der Waals surface area contributed by atoms with Crippen molar-refractivity contribution in [1.82, 2.24) is 0 Å². The van der Waals surface area contributed by atoms with Crippen LogP contribution in [0.3, 0.4) is 0 Å². The molecule has 0 saturated heterocycles. The minimum Gasteiger partial charge on any atom is -0.386 e. The zero-order valence-corrected chi connectivity index (χ0v) is 9.09. The predicted octanol–water partition coefficient (Wildman–Crippen LogP) is 2.38. The van der Waals surface area contributed by atoms with Gasteiger partial charge in [-0.1, -0.05) is 19.1 Å². The normalized spacial score (nSPS) is 12.6. The first-order chi connectivity index (χ1) is 6.52. The van der Waals surface area contributed by atoms with Crippen molar-refractivity contribution in [3.63, 3.8) is 0 Å². The van der Waals surface area contributed by atoms with E-state index in [4.69, 9.17) is 0 Å². The first-order valence-corrected chi connectivity index (χ1v) is 4.59. The molecule has 14 heavy (non-hydrogen) atoms. The summed E-state index contributed by atoms with van der Waals surface area (Å²) in [6.07, 6.45) is 4.08. The lowest BCUT2D eigenvalue weighted by atomic mass is 10.2. The van der Waals surface area contributed by atoms with E-state index in [0.29, 0.717) is 11.1 Å². The molecule has 0 saturated carbocycles. The summed E-state index contributed by atoms with van der Waals surface area (Å²) in [5.74, 6) is -1.15. The number of hydrogen-bond acceptors (Lipinski definition) is 3. The molecule has 0 N–H and O–H groups in total. The Morgan fingerprint density at radius 2 is 1.64 bits per heavy atom. The van der Waals surface area contributed by atoms with Gasteiger partial charge in [0.15, 0.2) is 0 Å². The lowest BCUT2D eigenvalue weighted by molar-refractivity contribution is -0.153. The van der Waals surface area contributed by atoms with Crippen LogP contribution in [0.4, 0.5) is 0 Å². The van der Waals surface area contributed by atoms with Crippen LogP contribution in [0, 0.1) is 0 Å². The molecule has 0 fully saturated rings. The van der Waals surface area contributed by atoms with E-state index >= 15 is 0 Å². The topological polar surface area (TPSA) is 43.4 Å². The standard InChI is InChI=1S/C11H16O3/c1-5-7-9(4)11(13)14-10(12)8(3)6-2/h6-7H,5H2,1-4H3. The van der Waals surface area contributed by atoms with Crippen molar-refractivity contribution in [1.29, 1.82) is 0 Å². The van der Waals surface area contributed by atoms with Gasteiger partial charge in [0.1, 0.15) is 0 Å². The van der Waals surface area contributed by atoms with Crippen LogP contribution >= 0.6 is 0 Å². The Bertz CT molecular complexity index is 285. The van der Waals surface area contributed by atoms with Gasteiger partial charge >= 0.3 is 11.9 Å². The molecule has 0 amide bonds. The second-order valence-corrected chi connectivity index (χ2v) is 2.94. The molecule has 0 rings (SSSR count). The molecular weight excluding hydrogens is 180 g/mol. The van der Waals surface area contributed by atoms with E-state index in [1.807, 2.05) is 6.92 Å². The predicted molar refractivity (Wildman–Crippen MR) is 54.6 cm³/mol. The number of rotatable bonds is 3. The van der Waals surface area contributed by atoms with Crippen LogP contribution in [0.15, 0.2) is 23.3 Å². The molecule has 78 valence electrons. The smallest absolute Gasteiger partial charge is 0.341 e. The van der Waals surface area contributed by atoms with Gasteiger partial charge in [-0.15, -0.1) is 0 Å². The zero-order chi connectivity index (χ0) is 11.1. The van der Waals surface area contributed by atoms with Crippen LogP contribution in [-0.4, -0.2) is 11.9 Å². The molecule has 3 heteroatoms. The summed E-state index contributed by atoms with van der Waals surface area (Å²) in [7, 11) is 0. The molecule has 0 radical (unpaired) electrons. The Kier molecular flexibility index (Phi) is 5.53. The molecular formula is C11H16O3. The van der Waals surface area contributed by atoms with Crippen molar-refractivity contribution in [2.45, 2.75) is 34.1 Å². The van der Waals surface area contributed by atoms with Crippen molar-refractivity contribution in [2.75, 3.05) is 0 Å². The van der Waals surface area contributed by atoms with Crippen molar-refractivity contribution in [2.24, 2.45) is 0 Å². The Balaban J connectivity index is 4.35. The highest BCUT2D eigenvalue weighted by Gasteiger charge is 2.12. The molecule has 0 aliphatic heterocycles. The molecule has 3 nitrogen and oxygen atoms in total. The highest BCUT2D eigenvalue weighted by Crippen LogP contribution is 2.02. The number of ether oxygens (including phenoxy) is 1. The van der Waals surface area contributed by atoms with Crippen molar-refractivity contribution >= 4 is 11.9 Å². The minimum absolute atomic E-state index is 0.433. The summed E-state index contributed by atoms with van der Waals surface area (Å²) in [6, 6.07) is 0. The quantitative estimate of drug-likeness (QED) is 0.395. The van der Waals surface area contributed by atoms with E-state index in [2.05, 4.69) is 4.74 Å². The Labute approximate surface area is 84.4 Å². The lowest BCUT2D eigenvalue weighted by Crippen LogP contribution is -2.13. The maximum atomic E-state index is 11.2. The second-order valence-electron chi connectivity index (χ2n) is 2.94. The molecule has 0 aliphatic rings. The molecule has 0 aromatic rings. The van der Waals surface area contributed by atoms with Gasteiger partial charge in [0.25, 0.3) is 0 Å². The summed E-state index contributed by atoms with van der Waals surface area (Å²) < 4.78 is 4.60. The van der Waals surface area contributed by atoms with E-state index in [0.717, 1.165) is 6.42 Å². The van der Waals surface area contributed by atoms with Crippen molar-refractivity contribution in [3.05, 3.63) is 23.3 Å². The minimum atomic E-state index is -0.582. The van der Waals surface area contributed by atoms with Crippen LogP contribution in [0.25, 0.3) is 0 Å². The van der Waals surface area contributed by atoms with Gasteiger partial charge in [0.05, 0.1) is 0 Å². The van der Waals surface area contributed by atoms with Crippen LogP contribution in [-0.2, 0) is 14.3 Å². The van der Waals surface area contributed by atoms with E-state index in [1.54, 1.807) is 32.9 Å². The molecule has 0 aliphatic carbocycles. The summed E-state index contributed by atoms with van der Waals surface area (Å²) in [5.41, 5.74) is 0.896. The fourth-order valence-electron chi connectivity index (χ4n) is 0.753. The van der Waals surface area contributed by atoms with Gasteiger partial charge in [0, 0.05) is 11.1 Å². The molecule has 0 bridgehead atoms. The third-order valence-corrected chi connectivity index (χ3v) is 1.77. The van der Waals surface area contributed by atoms with Crippen LogP contribution in [0.5, 0.6) is 0 Å². The lowest BCUT2D eigenvalue weighted by Gasteiger charge is -2.02. The summed E-state index contributed by atoms with van der Waals surface area (Å²) in [6.45, 7) is 6.87. The number of carbonyl (C=O) groups is 2. The zero-order valence-electron chi connectivity index (χ0n) is 9.09. The van der Waals surface area contributed by atoms with Gasteiger partial charge in [-0.05, 0) is 27.2 Å². The molecule has 0 aromatic carbocycles. The van der Waals surface area contributed by atoms with E-state index in [-0.39, 0.29) is 0 Å². The maximum Gasteiger partial charge on any atom is 0.341 e. The molecule has 0 unspecified atom stereocenters. The van der Waals surface area contributed by atoms with Crippen molar-refractivity contribution in [3.8, 4) is 0 Å². The fourth-order valence-corrected chi connectivity index (χ4v) is 0.753. The van der Waals surface area contributed by atoms with Gasteiger partial charge in [-0.3, -0.25) is 0 Å². The highest BCUT2D eigenvalue weighted by molar-refractivity contribution is 6.01. The largest absolute Gasteiger partial charge is 0.386 e. The molecule has 0 atom stereocenters. The van der Waals surface area contributed by atoms with Crippen LogP contribution < -0.4 is 0 Å². The third-order valence-electron chi connectivity index (χ3n) is 1.77. The maximum absolute atomic E-state index is 11.2. The second kappa shape index (κ2) is 6.13. The molecule has 0 spiro atoms. The number of esters is 2. The van der Waals surface area contributed by atoms with Gasteiger partial charge < -0.3 is 4.74 Å². The first-order valence-electron chi connectivity index (χ1n) is 4.59. The Hall–Kier alpha value is -1.38. The molecule has 0 aromatic heterocycles. The van der Waals surface area contributed by atoms with Gasteiger partial charge in [-0.2, -0.15) is 0 Å². The Morgan fingerprint density at radius 3 is 2.07 bits per heavy atom. The first kappa shape index (κ1) is 12.6. The van der Waals surface area contributed by atoms with E-state index < -0.39 is 11.9 Å². The summed E-state index contributed by atoms with van der Waals surface area (Å²) in [5, 5.41) is 0. The third kappa shape index (κ3) is 4.03. The van der Waals surface area contributed by atoms with Gasteiger partial charge in [-0.25, -0.2) is 9.59 Å². The number of allylic oxidation sites excluding steroid dienone is 2. The van der Waals surface area contributed by atoms with Crippen LogP contribution in [0.1, 0.15) is 34.1 Å². The summed E-state index contributed by atoms with van der Waals surface area (Å²) in [4.78, 5) is 22.4. The average molecular weight is 196 g/mol. The number of hydrogen-bond donors (Lipinski definition) is 0.